The molecule has 3 aliphatic heterocycles. The molecule has 0 saturated carbocycles. The number of amides is 1. The highest BCUT2D eigenvalue weighted by molar-refractivity contribution is 5.84. The highest BCUT2D eigenvalue weighted by atomic mass is 16.7. The van der Waals surface area contributed by atoms with Crippen molar-refractivity contribution in [2.45, 2.75) is 109 Å². The Morgan fingerprint density at radius 2 is 1.16 bits per heavy atom. The maximum absolute atomic E-state index is 13.4. The van der Waals surface area contributed by atoms with Crippen molar-refractivity contribution in [2.24, 2.45) is 11.8 Å². The minimum atomic E-state index is -0.826. The first kappa shape index (κ1) is 48.7. The molecule has 68 heavy (non-hydrogen) atoms. The maximum Gasteiger partial charge on any atom is 0.326 e. The molecule has 0 unspecified atom stereocenters. The van der Waals surface area contributed by atoms with Gasteiger partial charge in [0.05, 0.1) is 44.4 Å². The highest BCUT2D eigenvalue weighted by Crippen LogP contribution is 2.36. The van der Waals surface area contributed by atoms with Gasteiger partial charge < -0.3 is 30.4 Å². The van der Waals surface area contributed by atoms with E-state index in [1.54, 1.807) is 24.0 Å². The number of aromatic nitrogens is 1. The Hall–Kier alpha value is -5.70. The summed E-state index contributed by atoms with van der Waals surface area (Å²) in [5, 5.41) is 38.0. The molecule has 3 saturated heterocycles. The number of aliphatic hydroxyl groups excluding tert-OH is 3. The number of hydroxylamine groups is 4. The van der Waals surface area contributed by atoms with Gasteiger partial charge in [-0.05, 0) is 105 Å². The number of aromatic amines is 1. The van der Waals surface area contributed by atoms with E-state index in [2.05, 4.69) is 127 Å². The van der Waals surface area contributed by atoms with E-state index in [1.807, 2.05) is 24.4 Å². The van der Waals surface area contributed by atoms with E-state index in [1.165, 1.54) is 33.4 Å². The molecule has 358 valence electrons. The fraction of sp³-hybridized carbons (Fsp3) is 0.393. The van der Waals surface area contributed by atoms with Crippen LogP contribution >= 0.6 is 0 Å². The number of aryl methyl sites for hydroxylation is 6. The van der Waals surface area contributed by atoms with Crippen molar-refractivity contribution in [1.82, 2.24) is 20.4 Å². The number of rotatable bonds is 17. The molecule has 12 nitrogen and oxygen atoms in total. The first-order chi connectivity index (χ1) is 32.9. The number of ether oxygens (including phenoxy) is 1. The van der Waals surface area contributed by atoms with Gasteiger partial charge in [0.25, 0.3) is 0 Å². The van der Waals surface area contributed by atoms with Crippen LogP contribution < -0.4 is 5.32 Å². The van der Waals surface area contributed by atoms with E-state index >= 15 is 0 Å². The summed E-state index contributed by atoms with van der Waals surface area (Å²) in [6.45, 7) is 8.90. The molecule has 3 aliphatic rings. The maximum atomic E-state index is 13.4. The quantitative estimate of drug-likeness (QED) is 0.0610. The Morgan fingerprint density at radius 1 is 0.676 bits per heavy atom. The third kappa shape index (κ3) is 11.9. The molecule has 0 aliphatic carbocycles. The third-order valence-electron chi connectivity index (χ3n) is 13.6. The van der Waals surface area contributed by atoms with Crippen molar-refractivity contribution in [3.63, 3.8) is 0 Å². The molecule has 6 aromatic rings. The van der Waals surface area contributed by atoms with Gasteiger partial charge in [-0.2, -0.15) is 10.1 Å². The first-order valence-corrected chi connectivity index (χ1v) is 24.0. The monoisotopic (exact) mass is 922 g/mol. The molecule has 4 heterocycles. The molecule has 0 spiro atoms. The zero-order chi connectivity index (χ0) is 47.7. The summed E-state index contributed by atoms with van der Waals surface area (Å²) in [4.78, 5) is 40.8. The lowest BCUT2D eigenvalue weighted by Crippen LogP contribution is -2.48. The van der Waals surface area contributed by atoms with Crippen molar-refractivity contribution >= 4 is 22.8 Å². The number of fused-ring (bicyclic) bond motifs is 2. The summed E-state index contributed by atoms with van der Waals surface area (Å²) in [6, 6.07) is 41.0. The highest BCUT2D eigenvalue weighted by Gasteiger charge is 2.54. The summed E-state index contributed by atoms with van der Waals surface area (Å²) in [7, 11) is 0. The summed E-state index contributed by atoms with van der Waals surface area (Å²) in [6.07, 6.45) is 4.05. The Morgan fingerprint density at radius 3 is 1.69 bits per heavy atom. The van der Waals surface area contributed by atoms with Crippen molar-refractivity contribution in [1.29, 1.82) is 0 Å². The second-order valence-electron chi connectivity index (χ2n) is 18.8. The van der Waals surface area contributed by atoms with Crippen LogP contribution in [0.3, 0.4) is 0 Å². The van der Waals surface area contributed by atoms with E-state index < -0.39 is 42.4 Å². The lowest BCUT2D eigenvalue weighted by Gasteiger charge is -2.24. The number of aliphatic hydroxyl groups is 3. The zero-order valence-electron chi connectivity index (χ0n) is 39.6. The molecule has 8 atom stereocenters. The minimum absolute atomic E-state index is 0.110. The number of carbonyl (C=O) groups is 2. The number of H-pyrrole nitrogens is 1. The van der Waals surface area contributed by atoms with E-state index in [-0.39, 0.29) is 24.4 Å². The lowest BCUT2D eigenvalue weighted by atomic mass is 9.92. The number of hydrogen-bond donors (Lipinski definition) is 5. The van der Waals surface area contributed by atoms with E-state index in [0.29, 0.717) is 32.7 Å². The van der Waals surface area contributed by atoms with Crippen LogP contribution in [0.15, 0.2) is 128 Å². The molecule has 0 bridgehead atoms. The summed E-state index contributed by atoms with van der Waals surface area (Å²) < 4.78 is 5.20. The third-order valence-corrected chi connectivity index (χ3v) is 13.6. The predicted octanol–water partition coefficient (Wildman–Crippen LogP) is 6.91. The van der Waals surface area contributed by atoms with E-state index in [4.69, 9.17) is 14.4 Å². The van der Waals surface area contributed by atoms with Gasteiger partial charge in [0, 0.05) is 29.6 Å². The van der Waals surface area contributed by atoms with E-state index in [0.717, 1.165) is 53.3 Å². The second kappa shape index (κ2) is 22.6. The van der Waals surface area contributed by atoms with Crippen molar-refractivity contribution in [2.75, 3.05) is 19.8 Å². The number of cyclic esters (lactones) is 1. The fourth-order valence-electron chi connectivity index (χ4n) is 9.65. The number of nitrogens with zero attached hydrogens (tertiary/aromatic N) is 2. The number of hydrogen-bond acceptors (Lipinski definition) is 10. The van der Waals surface area contributed by atoms with Gasteiger partial charge in [-0.1, -0.05) is 126 Å². The van der Waals surface area contributed by atoms with Gasteiger partial charge >= 0.3 is 5.97 Å². The average molecular weight is 923 g/mol. The number of esters is 1. The predicted molar refractivity (Wildman–Crippen MR) is 262 cm³/mol. The van der Waals surface area contributed by atoms with Crippen molar-refractivity contribution < 1.29 is 39.3 Å². The van der Waals surface area contributed by atoms with Gasteiger partial charge in [0.1, 0.15) is 24.3 Å². The van der Waals surface area contributed by atoms with Crippen LogP contribution in [0.4, 0.5) is 0 Å². The Kier molecular flexibility index (Phi) is 16.2. The van der Waals surface area contributed by atoms with Crippen LogP contribution in [0.25, 0.3) is 10.9 Å². The summed E-state index contributed by atoms with van der Waals surface area (Å²) in [5.74, 6) is -1.12. The topological polar surface area (TPSA) is 157 Å². The fourth-order valence-corrected chi connectivity index (χ4v) is 9.65. The number of nitrogens with one attached hydrogen (secondary N) is 2. The SMILES string of the molecule is Cc1ccc(CCc2ccc(CN3O[C@@H]([C@H](C)O)[C@@H](CO)[C@H]3C(=O)NCCc3c[nH]c4ccccc34)cc2)cc1.Cc1ccc(CCc2ccc(CN3O[C@@H]([C@H](C)O)[C@H]4COC(=O)[C@H]43)cc2)cc1. The van der Waals surface area contributed by atoms with Gasteiger partial charge in [0.15, 0.2) is 0 Å². The van der Waals surface area contributed by atoms with Crippen LogP contribution in [0.2, 0.25) is 0 Å². The first-order valence-electron chi connectivity index (χ1n) is 24.0. The molecule has 9 rings (SSSR count). The zero-order valence-corrected chi connectivity index (χ0v) is 39.6. The van der Waals surface area contributed by atoms with Gasteiger partial charge in [-0.25, -0.2) is 0 Å². The summed E-state index contributed by atoms with van der Waals surface area (Å²) >= 11 is 0. The van der Waals surface area contributed by atoms with Crippen LogP contribution in [0.5, 0.6) is 0 Å². The van der Waals surface area contributed by atoms with Crippen LogP contribution in [-0.2, 0) is 69.2 Å². The lowest BCUT2D eigenvalue weighted by molar-refractivity contribution is -0.202. The molecule has 12 heteroatoms. The van der Waals surface area contributed by atoms with Crippen LogP contribution in [0.1, 0.15) is 63.9 Å². The molecule has 1 amide bonds. The Balaban J connectivity index is 0.000000196. The van der Waals surface area contributed by atoms with Gasteiger partial charge in [0.2, 0.25) is 5.91 Å². The van der Waals surface area contributed by atoms with Gasteiger partial charge in [-0.15, -0.1) is 0 Å². The molecule has 3 fully saturated rings. The largest absolute Gasteiger partial charge is 0.464 e. The summed E-state index contributed by atoms with van der Waals surface area (Å²) in [5.41, 5.74) is 12.0. The van der Waals surface area contributed by atoms with Crippen LogP contribution in [-0.4, -0.2) is 98.6 Å². The van der Waals surface area contributed by atoms with Gasteiger partial charge in [-0.3, -0.25) is 19.3 Å². The average Bonchev–Trinajstić information content (AvgIpc) is 4.13. The Labute approximate surface area is 399 Å². The van der Waals surface area contributed by atoms with E-state index in [9.17, 15) is 24.9 Å². The molecule has 0 radical (unpaired) electrons. The minimum Gasteiger partial charge on any atom is -0.464 e. The van der Waals surface area contributed by atoms with Crippen LogP contribution in [0, 0.1) is 25.7 Å². The molecule has 5 aromatic carbocycles. The number of carbonyl (C=O) groups excluding carboxylic acids is 2. The molecular formula is C56H66N4O8. The van der Waals surface area contributed by atoms with Crippen molar-refractivity contribution in [3.8, 4) is 0 Å². The Bertz CT molecular complexity index is 2560. The van der Waals surface area contributed by atoms with Crippen molar-refractivity contribution in [3.05, 3.63) is 178 Å². The number of benzene rings is 5. The normalized spacial score (nSPS) is 22.4. The second-order valence-corrected chi connectivity index (χ2v) is 18.8. The molecule has 1 aromatic heterocycles. The smallest absolute Gasteiger partial charge is 0.326 e. The molecular weight excluding hydrogens is 857 g/mol. The number of para-hydroxylation sites is 1. The standard InChI is InChI=1S/C33H39N3O4.C23H27NO4/c1-22-7-9-24(10-8-22)11-12-25-13-15-26(16-14-25)20-36-31(29(21-37)32(40-36)23(2)38)33(39)34-18-17-27-19-35-30-6-4-3-5-28(27)30;1-15-3-5-17(6-4-15)7-8-18-9-11-19(12-10-18)13-24-21-20(14-27-23(21)26)22(28-24)16(2)25/h3-10,13-16,19,23,29,31-32,35,37-38H,11-12,17-18,20-21H2,1-2H3,(H,34,39);3-6,9-12,16,20-22,25H,7-8,13-14H2,1-2H3/t23-,29-,31-,32-;16-,20-,21-,22-/m00/s1. The molecule has 5 N–H and O–H groups in total.